The molecule has 0 aromatic heterocycles. The standard InChI is InChI=1S/C20H26ClNO6.Na.H/c1-14(23)26-19(15-6-3-2-4-7-15)28-20(25)22-13-5-8-18(24)27-17-11-9-16(21)10-12-17;;/h9-12,15,19H,2-8,13H2,1H3,(H,22,25);;/q;+1;-1. The van der Waals surface area contributed by atoms with Gasteiger partial charge in [0, 0.05) is 30.8 Å². The van der Waals surface area contributed by atoms with Crippen LogP contribution >= 0.6 is 11.6 Å². The van der Waals surface area contributed by atoms with Crippen LogP contribution in [0.3, 0.4) is 0 Å². The monoisotopic (exact) mass is 435 g/mol. The molecule has 1 aromatic rings. The van der Waals surface area contributed by atoms with E-state index in [1.54, 1.807) is 24.3 Å². The molecule has 0 heterocycles. The van der Waals surface area contributed by atoms with Gasteiger partial charge in [-0.3, -0.25) is 9.59 Å². The van der Waals surface area contributed by atoms with Crippen LogP contribution in [0, 0.1) is 5.92 Å². The molecule has 1 saturated carbocycles. The van der Waals surface area contributed by atoms with Gasteiger partial charge >= 0.3 is 47.6 Å². The third-order valence-corrected chi connectivity index (χ3v) is 4.66. The summed E-state index contributed by atoms with van der Waals surface area (Å²) in [5.41, 5.74) is 0. The van der Waals surface area contributed by atoms with Crippen LogP contribution < -0.4 is 39.6 Å². The molecule has 0 radical (unpaired) electrons. The van der Waals surface area contributed by atoms with Crippen molar-refractivity contribution in [3.05, 3.63) is 29.3 Å². The molecule has 0 spiro atoms. The Balaban J connectivity index is 0.00000420. The summed E-state index contributed by atoms with van der Waals surface area (Å²) in [5.74, 6) is -0.443. The minimum Gasteiger partial charge on any atom is -1.00 e. The first-order chi connectivity index (χ1) is 13.4. The molecule has 156 valence electrons. The summed E-state index contributed by atoms with van der Waals surface area (Å²) < 4.78 is 15.6. The predicted molar refractivity (Wildman–Crippen MR) is 104 cm³/mol. The Kier molecular flexibility index (Phi) is 12.3. The predicted octanol–water partition coefficient (Wildman–Crippen LogP) is 1.34. The normalized spacial score (nSPS) is 14.8. The van der Waals surface area contributed by atoms with Gasteiger partial charge in [0.2, 0.25) is 0 Å². The molecule has 0 aliphatic heterocycles. The van der Waals surface area contributed by atoms with Crippen LogP contribution in [0.2, 0.25) is 5.02 Å². The molecule has 1 amide bonds. The minimum atomic E-state index is -0.868. The molecule has 0 bridgehead atoms. The maximum Gasteiger partial charge on any atom is 1.00 e. The largest absolute Gasteiger partial charge is 1.00 e. The van der Waals surface area contributed by atoms with Gasteiger partial charge in [0.15, 0.2) is 0 Å². The summed E-state index contributed by atoms with van der Waals surface area (Å²) in [6, 6.07) is 6.48. The van der Waals surface area contributed by atoms with Crippen LogP contribution in [0.5, 0.6) is 5.75 Å². The van der Waals surface area contributed by atoms with Gasteiger partial charge in [-0.1, -0.05) is 30.9 Å². The van der Waals surface area contributed by atoms with Gasteiger partial charge in [-0.05, 0) is 43.5 Å². The molecule has 1 aliphatic rings. The van der Waals surface area contributed by atoms with Gasteiger partial charge in [0.25, 0.3) is 6.29 Å². The molecule has 1 fully saturated rings. The fourth-order valence-corrected chi connectivity index (χ4v) is 3.17. The number of amides is 1. The number of nitrogens with one attached hydrogen (secondary N) is 1. The first-order valence-electron chi connectivity index (χ1n) is 9.52. The van der Waals surface area contributed by atoms with Gasteiger partial charge in [-0.2, -0.15) is 0 Å². The van der Waals surface area contributed by atoms with E-state index in [-0.39, 0.29) is 49.9 Å². The number of alkyl carbamates (subject to hydrolysis) is 1. The second-order valence-corrected chi connectivity index (χ2v) is 7.18. The molecule has 1 atom stereocenters. The number of ether oxygens (including phenoxy) is 3. The fourth-order valence-electron chi connectivity index (χ4n) is 3.04. The summed E-state index contributed by atoms with van der Waals surface area (Å²) in [5, 5.41) is 3.13. The molecule has 1 unspecified atom stereocenters. The first kappa shape index (κ1) is 25.8. The molecular weight excluding hydrogens is 409 g/mol. The summed E-state index contributed by atoms with van der Waals surface area (Å²) in [7, 11) is 0. The average molecular weight is 436 g/mol. The molecule has 9 heteroatoms. The Morgan fingerprint density at radius 2 is 1.79 bits per heavy atom. The SMILES string of the molecule is CC(=O)OC(OC(=O)NCCCC(=O)Oc1ccc(Cl)cc1)C1CCCCC1.[H-].[Na+]. The van der Waals surface area contributed by atoms with Crippen LogP contribution in [0.4, 0.5) is 4.79 Å². The fraction of sp³-hybridized carbons (Fsp3) is 0.550. The maximum atomic E-state index is 12.0. The van der Waals surface area contributed by atoms with Crippen molar-refractivity contribution >= 4 is 29.6 Å². The van der Waals surface area contributed by atoms with E-state index in [1.165, 1.54) is 6.92 Å². The Morgan fingerprint density at radius 1 is 1.14 bits per heavy atom. The van der Waals surface area contributed by atoms with Gasteiger partial charge in [-0.15, -0.1) is 0 Å². The molecule has 1 N–H and O–H groups in total. The van der Waals surface area contributed by atoms with Crippen LogP contribution in [-0.4, -0.2) is 30.9 Å². The van der Waals surface area contributed by atoms with Crippen LogP contribution in [0.15, 0.2) is 24.3 Å². The van der Waals surface area contributed by atoms with Gasteiger partial charge < -0.3 is 21.0 Å². The maximum absolute atomic E-state index is 12.0. The second kappa shape index (κ2) is 13.9. The Morgan fingerprint density at radius 3 is 2.41 bits per heavy atom. The van der Waals surface area contributed by atoms with Crippen LogP contribution in [-0.2, 0) is 19.1 Å². The van der Waals surface area contributed by atoms with Crippen molar-refractivity contribution in [1.82, 2.24) is 5.32 Å². The van der Waals surface area contributed by atoms with E-state index in [9.17, 15) is 14.4 Å². The molecule has 29 heavy (non-hydrogen) atoms. The Labute approximate surface area is 199 Å². The minimum absolute atomic E-state index is 0. The van der Waals surface area contributed by atoms with Crippen molar-refractivity contribution in [2.75, 3.05) is 6.54 Å². The number of halogens is 1. The molecule has 1 aromatic carbocycles. The van der Waals surface area contributed by atoms with Crippen molar-refractivity contribution in [2.24, 2.45) is 5.92 Å². The molecule has 2 rings (SSSR count). The van der Waals surface area contributed by atoms with E-state index < -0.39 is 24.3 Å². The van der Waals surface area contributed by atoms with Gasteiger partial charge in [-0.25, -0.2) is 4.79 Å². The summed E-state index contributed by atoms with van der Waals surface area (Å²) in [4.78, 5) is 35.1. The number of hydrogen-bond acceptors (Lipinski definition) is 6. The number of carbonyl (C=O) groups is 3. The Hall–Kier alpha value is -1.28. The second-order valence-electron chi connectivity index (χ2n) is 6.74. The summed E-state index contributed by atoms with van der Waals surface area (Å²) in [6.07, 6.45) is 3.93. The smallest absolute Gasteiger partial charge is 1.00 e. The number of carbonyl (C=O) groups excluding carboxylic acids is 3. The average Bonchev–Trinajstić information content (AvgIpc) is 2.67. The van der Waals surface area contributed by atoms with Crippen LogP contribution in [0.1, 0.15) is 53.3 Å². The molecule has 7 nitrogen and oxygen atoms in total. The van der Waals surface area contributed by atoms with Crippen molar-refractivity contribution in [3.8, 4) is 5.75 Å². The number of esters is 2. The van der Waals surface area contributed by atoms with E-state index in [1.807, 2.05) is 0 Å². The van der Waals surface area contributed by atoms with E-state index in [4.69, 9.17) is 25.8 Å². The zero-order valence-corrected chi connectivity index (χ0v) is 19.7. The third kappa shape index (κ3) is 10.3. The number of benzene rings is 1. The van der Waals surface area contributed by atoms with E-state index in [2.05, 4.69) is 5.32 Å². The van der Waals surface area contributed by atoms with Gasteiger partial charge in [0.1, 0.15) is 5.75 Å². The van der Waals surface area contributed by atoms with Crippen molar-refractivity contribution in [2.45, 2.75) is 58.2 Å². The molecular formula is C20H27ClNNaO6. The Bertz CT molecular complexity index is 670. The topological polar surface area (TPSA) is 90.9 Å². The molecule has 0 saturated heterocycles. The first-order valence-corrected chi connectivity index (χ1v) is 9.90. The quantitative estimate of drug-likeness (QED) is 0.218. The van der Waals surface area contributed by atoms with Gasteiger partial charge in [0.05, 0.1) is 0 Å². The zero-order chi connectivity index (χ0) is 20.4. The number of hydrogen-bond donors (Lipinski definition) is 1. The third-order valence-electron chi connectivity index (χ3n) is 4.41. The zero-order valence-electron chi connectivity index (χ0n) is 17.9. The van der Waals surface area contributed by atoms with Crippen molar-refractivity contribution in [3.63, 3.8) is 0 Å². The van der Waals surface area contributed by atoms with E-state index >= 15 is 0 Å². The van der Waals surface area contributed by atoms with E-state index in [0.717, 1.165) is 32.1 Å². The summed E-state index contributed by atoms with van der Waals surface area (Å²) >= 11 is 5.77. The van der Waals surface area contributed by atoms with Crippen molar-refractivity contribution < 1.29 is 59.6 Å². The number of rotatable bonds is 8. The summed E-state index contributed by atoms with van der Waals surface area (Å²) in [6.45, 7) is 1.54. The molecule has 1 aliphatic carbocycles. The van der Waals surface area contributed by atoms with Crippen molar-refractivity contribution in [1.29, 1.82) is 0 Å². The van der Waals surface area contributed by atoms with Crippen LogP contribution in [0.25, 0.3) is 0 Å². The van der Waals surface area contributed by atoms with E-state index in [0.29, 0.717) is 17.2 Å².